The van der Waals surface area contributed by atoms with E-state index in [4.69, 9.17) is 4.74 Å². The van der Waals surface area contributed by atoms with Crippen LogP contribution in [0.5, 0.6) is 5.75 Å². The summed E-state index contributed by atoms with van der Waals surface area (Å²) in [6, 6.07) is 8.77. The molecule has 0 aromatic heterocycles. The first-order valence-electron chi connectivity index (χ1n) is 7.21. The molecule has 7 heteroatoms. The summed E-state index contributed by atoms with van der Waals surface area (Å²) in [5.41, 5.74) is 1.92. The van der Waals surface area contributed by atoms with Gasteiger partial charge in [-0.2, -0.15) is 0 Å². The number of nitrogens with zero attached hydrogens (tertiary/aromatic N) is 1. The van der Waals surface area contributed by atoms with Gasteiger partial charge in [-0.15, -0.1) is 11.8 Å². The van der Waals surface area contributed by atoms with Crippen molar-refractivity contribution in [1.29, 1.82) is 0 Å². The van der Waals surface area contributed by atoms with E-state index in [1.165, 1.54) is 17.3 Å². The lowest BCUT2D eigenvalue weighted by molar-refractivity contribution is -0.385. The van der Waals surface area contributed by atoms with E-state index >= 15 is 0 Å². The molecule has 2 rings (SSSR count). The summed E-state index contributed by atoms with van der Waals surface area (Å²) in [5.74, 6) is -1.25. The zero-order valence-electron chi connectivity index (χ0n) is 13.2. The second-order valence-electron chi connectivity index (χ2n) is 5.19. The third kappa shape index (κ3) is 4.79. The Balaban J connectivity index is 1.93. The SMILES string of the molecule is Cc1ccc(SCCC(=O)Oc2cc(F)ccc2[N+](=O)[O-])cc1C. The molecule has 0 aliphatic carbocycles. The van der Waals surface area contributed by atoms with Crippen molar-refractivity contribution >= 4 is 23.4 Å². The lowest BCUT2D eigenvalue weighted by atomic mass is 10.1. The number of hydrogen-bond acceptors (Lipinski definition) is 5. The molecule has 0 fully saturated rings. The topological polar surface area (TPSA) is 69.4 Å². The van der Waals surface area contributed by atoms with E-state index in [0.29, 0.717) is 5.75 Å². The van der Waals surface area contributed by atoms with Crippen LogP contribution in [-0.2, 0) is 4.79 Å². The molecule has 0 aliphatic rings. The summed E-state index contributed by atoms with van der Waals surface area (Å²) in [6.07, 6.45) is 0.0608. The summed E-state index contributed by atoms with van der Waals surface area (Å²) in [7, 11) is 0. The highest BCUT2D eigenvalue weighted by atomic mass is 32.2. The number of esters is 1. The molecule has 0 atom stereocenters. The number of benzene rings is 2. The molecule has 0 N–H and O–H groups in total. The van der Waals surface area contributed by atoms with Gasteiger partial charge in [0, 0.05) is 22.8 Å². The fraction of sp³-hybridized carbons (Fsp3) is 0.235. The third-order valence-electron chi connectivity index (χ3n) is 3.40. The number of carbonyl (C=O) groups is 1. The molecular formula is C17H16FNO4S. The maximum Gasteiger partial charge on any atom is 0.312 e. The van der Waals surface area contributed by atoms with Crippen molar-refractivity contribution < 1.29 is 18.8 Å². The first kappa shape index (κ1) is 17.9. The lowest BCUT2D eigenvalue weighted by Crippen LogP contribution is -2.10. The molecule has 0 spiro atoms. The lowest BCUT2D eigenvalue weighted by Gasteiger charge is -2.06. The number of halogens is 1. The summed E-state index contributed by atoms with van der Waals surface area (Å²) >= 11 is 1.49. The molecule has 24 heavy (non-hydrogen) atoms. The number of carbonyl (C=O) groups excluding carboxylic acids is 1. The van der Waals surface area contributed by atoms with Crippen LogP contribution in [0.25, 0.3) is 0 Å². The van der Waals surface area contributed by atoms with Crippen molar-refractivity contribution in [3.05, 3.63) is 63.5 Å². The van der Waals surface area contributed by atoms with Gasteiger partial charge in [-0.05, 0) is 43.2 Å². The van der Waals surface area contributed by atoms with Crippen LogP contribution in [0.1, 0.15) is 17.5 Å². The van der Waals surface area contributed by atoms with Gasteiger partial charge in [0.2, 0.25) is 5.75 Å². The Morgan fingerprint density at radius 3 is 2.62 bits per heavy atom. The summed E-state index contributed by atoms with van der Waals surface area (Å²) < 4.78 is 18.1. The molecule has 0 unspecified atom stereocenters. The molecule has 0 radical (unpaired) electrons. The largest absolute Gasteiger partial charge is 0.419 e. The van der Waals surface area contributed by atoms with Crippen molar-refractivity contribution in [2.24, 2.45) is 0 Å². The molecule has 0 saturated carbocycles. The van der Waals surface area contributed by atoms with Crippen molar-refractivity contribution in [3.8, 4) is 5.75 Å². The van der Waals surface area contributed by atoms with Crippen LogP contribution in [0.2, 0.25) is 0 Å². The number of thioether (sulfide) groups is 1. The van der Waals surface area contributed by atoms with E-state index in [2.05, 4.69) is 0 Å². The van der Waals surface area contributed by atoms with Crippen LogP contribution in [0.4, 0.5) is 10.1 Å². The number of hydrogen-bond donors (Lipinski definition) is 0. The summed E-state index contributed by atoms with van der Waals surface area (Å²) in [4.78, 5) is 23.0. The average Bonchev–Trinajstić information content (AvgIpc) is 2.50. The van der Waals surface area contributed by atoms with Crippen molar-refractivity contribution in [2.75, 3.05) is 5.75 Å². The Morgan fingerprint density at radius 2 is 1.96 bits per heavy atom. The Labute approximate surface area is 143 Å². The van der Waals surface area contributed by atoms with Gasteiger partial charge >= 0.3 is 11.7 Å². The molecule has 0 aliphatic heterocycles. The number of rotatable bonds is 6. The maximum atomic E-state index is 13.2. The van der Waals surface area contributed by atoms with Gasteiger partial charge in [0.05, 0.1) is 11.3 Å². The highest BCUT2D eigenvalue weighted by molar-refractivity contribution is 7.99. The highest BCUT2D eigenvalue weighted by Crippen LogP contribution is 2.28. The van der Waals surface area contributed by atoms with E-state index in [-0.39, 0.29) is 12.2 Å². The molecule has 5 nitrogen and oxygen atoms in total. The number of ether oxygens (including phenoxy) is 1. The zero-order chi connectivity index (χ0) is 17.7. The Morgan fingerprint density at radius 1 is 1.21 bits per heavy atom. The third-order valence-corrected chi connectivity index (χ3v) is 4.39. The van der Waals surface area contributed by atoms with E-state index in [1.54, 1.807) is 0 Å². The Hall–Kier alpha value is -2.41. The van der Waals surface area contributed by atoms with Crippen LogP contribution in [0, 0.1) is 29.8 Å². The second kappa shape index (κ2) is 7.92. The summed E-state index contributed by atoms with van der Waals surface area (Å²) in [5, 5.41) is 10.9. The van der Waals surface area contributed by atoms with Gasteiger partial charge in [0.25, 0.3) is 0 Å². The van der Waals surface area contributed by atoms with Crippen molar-refractivity contribution in [1.82, 2.24) is 0 Å². The summed E-state index contributed by atoms with van der Waals surface area (Å²) in [6.45, 7) is 4.03. The molecule has 2 aromatic rings. The van der Waals surface area contributed by atoms with Gasteiger partial charge in [0.1, 0.15) is 5.82 Å². The first-order chi connectivity index (χ1) is 11.4. The maximum absolute atomic E-state index is 13.2. The van der Waals surface area contributed by atoms with Crippen LogP contribution >= 0.6 is 11.8 Å². The Bertz CT molecular complexity index is 779. The van der Waals surface area contributed by atoms with E-state index in [9.17, 15) is 19.3 Å². The van der Waals surface area contributed by atoms with Gasteiger partial charge in [-0.25, -0.2) is 4.39 Å². The van der Waals surface area contributed by atoms with Crippen LogP contribution in [-0.4, -0.2) is 16.6 Å². The van der Waals surface area contributed by atoms with E-state index in [1.807, 2.05) is 32.0 Å². The van der Waals surface area contributed by atoms with E-state index in [0.717, 1.165) is 28.7 Å². The molecular weight excluding hydrogens is 333 g/mol. The number of nitro benzene ring substituents is 1. The van der Waals surface area contributed by atoms with Gasteiger partial charge < -0.3 is 4.74 Å². The van der Waals surface area contributed by atoms with Crippen LogP contribution < -0.4 is 4.74 Å². The predicted octanol–water partition coefficient (Wildman–Crippen LogP) is 4.44. The Kier molecular flexibility index (Phi) is 5.92. The zero-order valence-corrected chi connectivity index (χ0v) is 14.1. The van der Waals surface area contributed by atoms with Crippen molar-refractivity contribution in [3.63, 3.8) is 0 Å². The number of nitro groups is 1. The minimum absolute atomic E-state index is 0.0608. The molecule has 0 heterocycles. The standard InChI is InChI=1S/C17H16FNO4S/c1-11-3-5-14(9-12(11)2)24-8-7-17(20)23-16-10-13(18)4-6-15(16)19(21)22/h3-6,9-10H,7-8H2,1-2H3. The average molecular weight is 349 g/mol. The first-order valence-corrected chi connectivity index (χ1v) is 8.20. The highest BCUT2D eigenvalue weighted by Gasteiger charge is 2.18. The predicted molar refractivity (Wildman–Crippen MR) is 89.9 cm³/mol. The number of aryl methyl sites for hydroxylation is 2. The fourth-order valence-electron chi connectivity index (χ4n) is 1.95. The van der Waals surface area contributed by atoms with Crippen LogP contribution in [0.15, 0.2) is 41.3 Å². The normalized spacial score (nSPS) is 10.5. The molecule has 2 aromatic carbocycles. The van der Waals surface area contributed by atoms with Gasteiger partial charge in [-0.3, -0.25) is 14.9 Å². The van der Waals surface area contributed by atoms with E-state index < -0.39 is 22.4 Å². The smallest absolute Gasteiger partial charge is 0.312 e. The monoisotopic (exact) mass is 349 g/mol. The van der Waals surface area contributed by atoms with Crippen molar-refractivity contribution in [2.45, 2.75) is 25.2 Å². The fourth-order valence-corrected chi connectivity index (χ4v) is 2.88. The van der Waals surface area contributed by atoms with Gasteiger partial charge in [-0.1, -0.05) is 6.07 Å². The molecule has 126 valence electrons. The quantitative estimate of drug-likeness (QED) is 0.253. The second-order valence-corrected chi connectivity index (χ2v) is 6.36. The molecule has 0 saturated heterocycles. The van der Waals surface area contributed by atoms with Crippen LogP contribution in [0.3, 0.4) is 0 Å². The minimum Gasteiger partial charge on any atom is -0.419 e. The molecule has 0 bridgehead atoms. The minimum atomic E-state index is -0.716. The van der Waals surface area contributed by atoms with Gasteiger partial charge in [0.15, 0.2) is 0 Å². The molecule has 0 amide bonds.